The summed E-state index contributed by atoms with van der Waals surface area (Å²) in [6.45, 7) is 3.31. The lowest BCUT2D eigenvalue weighted by molar-refractivity contribution is -0.121. The summed E-state index contributed by atoms with van der Waals surface area (Å²) >= 11 is 0. The highest BCUT2D eigenvalue weighted by atomic mass is 16.1. The Bertz CT molecular complexity index is 744. The van der Waals surface area contributed by atoms with E-state index >= 15 is 0 Å². The first kappa shape index (κ1) is 19.2. The number of H-pyrrole nitrogens is 1. The molecule has 5 nitrogen and oxygen atoms in total. The first-order valence-corrected chi connectivity index (χ1v) is 10.9. The molecule has 5 heteroatoms. The second-order valence-corrected chi connectivity index (χ2v) is 8.45. The quantitative estimate of drug-likeness (QED) is 0.732. The molecule has 2 fully saturated rings. The van der Waals surface area contributed by atoms with E-state index in [2.05, 4.69) is 20.4 Å². The zero-order valence-electron chi connectivity index (χ0n) is 16.7. The van der Waals surface area contributed by atoms with Gasteiger partial charge in [0.15, 0.2) is 0 Å². The first-order chi connectivity index (χ1) is 13.8. The number of carbonyl (C=O) groups is 1. The van der Waals surface area contributed by atoms with Gasteiger partial charge in [-0.25, -0.2) is 0 Å². The number of nitrogens with one attached hydrogen (secondary N) is 2. The van der Waals surface area contributed by atoms with E-state index in [0.717, 1.165) is 48.8 Å². The lowest BCUT2D eigenvalue weighted by Crippen LogP contribution is -2.38. The molecule has 1 amide bonds. The molecule has 2 aliphatic rings. The van der Waals surface area contributed by atoms with Crippen LogP contribution in [-0.2, 0) is 4.79 Å². The molecule has 150 valence electrons. The normalized spacial score (nSPS) is 19.1. The molecule has 0 bridgehead atoms. The third-order valence-electron chi connectivity index (χ3n) is 6.46. The van der Waals surface area contributed by atoms with E-state index in [1.165, 1.54) is 45.1 Å². The van der Waals surface area contributed by atoms with Crippen molar-refractivity contribution < 1.29 is 4.79 Å². The lowest BCUT2D eigenvalue weighted by Gasteiger charge is -2.31. The van der Waals surface area contributed by atoms with Gasteiger partial charge in [-0.2, -0.15) is 5.10 Å². The number of carbonyl (C=O) groups excluding carboxylic acids is 1. The predicted molar refractivity (Wildman–Crippen MR) is 113 cm³/mol. The van der Waals surface area contributed by atoms with Gasteiger partial charge in [-0.05, 0) is 69.4 Å². The largest absolute Gasteiger partial charge is 0.326 e. The van der Waals surface area contributed by atoms with Gasteiger partial charge in [0.1, 0.15) is 0 Å². The van der Waals surface area contributed by atoms with Crippen molar-refractivity contribution in [2.75, 3.05) is 25.0 Å². The van der Waals surface area contributed by atoms with Crippen LogP contribution in [0.3, 0.4) is 0 Å². The Morgan fingerprint density at radius 2 is 1.96 bits per heavy atom. The van der Waals surface area contributed by atoms with Gasteiger partial charge in [-0.3, -0.25) is 9.89 Å². The van der Waals surface area contributed by atoms with Crippen LogP contribution in [0.4, 0.5) is 5.69 Å². The van der Waals surface area contributed by atoms with Gasteiger partial charge in [-0.1, -0.05) is 37.8 Å². The number of likely N-dealkylation sites (tertiary alicyclic amines) is 1. The monoisotopic (exact) mass is 380 g/mol. The Balaban J connectivity index is 1.21. The molecule has 2 aromatic rings. The van der Waals surface area contributed by atoms with Crippen molar-refractivity contribution in [2.24, 2.45) is 11.8 Å². The number of rotatable bonds is 7. The van der Waals surface area contributed by atoms with Crippen LogP contribution in [0.2, 0.25) is 0 Å². The van der Waals surface area contributed by atoms with E-state index in [4.69, 9.17) is 0 Å². The fourth-order valence-electron chi connectivity index (χ4n) is 4.75. The number of amides is 1. The van der Waals surface area contributed by atoms with Crippen LogP contribution < -0.4 is 5.32 Å². The zero-order valence-corrected chi connectivity index (χ0v) is 16.7. The van der Waals surface area contributed by atoms with Gasteiger partial charge in [0.05, 0.1) is 5.69 Å². The first-order valence-electron chi connectivity index (χ1n) is 10.9. The van der Waals surface area contributed by atoms with Crippen LogP contribution in [0.25, 0.3) is 11.3 Å². The summed E-state index contributed by atoms with van der Waals surface area (Å²) in [4.78, 5) is 15.3. The number of anilines is 1. The van der Waals surface area contributed by atoms with Crippen LogP contribution in [0.5, 0.6) is 0 Å². The molecule has 2 heterocycles. The summed E-state index contributed by atoms with van der Waals surface area (Å²) < 4.78 is 0. The molecule has 0 atom stereocenters. The van der Waals surface area contributed by atoms with Crippen LogP contribution in [0.1, 0.15) is 51.4 Å². The standard InChI is InChI=1S/C23H32N4O/c28-23(25-21-9-3-8-20(17-21)22-10-13-24-26-22)19-11-15-27(16-12-19)14-4-7-18-5-1-2-6-18/h3,8-10,13,17-19H,1-2,4-7,11-12,14-16H2,(H,24,26)(H,25,28). The highest BCUT2D eigenvalue weighted by Crippen LogP contribution is 2.29. The second kappa shape index (κ2) is 9.37. The average molecular weight is 381 g/mol. The predicted octanol–water partition coefficient (Wildman–Crippen LogP) is 4.70. The van der Waals surface area contributed by atoms with Crippen LogP contribution in [0.15, 0.2) is 36.5 Å². The topological polar surface area (TPSA) is 61.0 Å². The maximum atomic E-state index is 12.7. The molecule has 4 rings (SSSR count). The third kappa shape index (κ3) is 5.02. The molecule has 1 saturated carbocycles. The SMILES string of the molecule is O=C(Nc1cccc(-c2ccn[nH]2)c1)C1CCN(CCCC2CCCC2)CC1. The van der Waals surface area contributed by atoms with E-state index in [9.17, 15) is 4.79 Å². The number of benzene rings is 1. The molecule has 1 aliphatic carbocycles. The Kier molecular flexibility index (Phi) is 6.42. The van der Waals surface area contributed by atoms with Crippen LogP contribution in [0, 0.1) is 11.8 Å². The van der Waals surface area contributed by atoms with Crippen LogP contribution in [-0.4, -0.2) is 40.6 Å². The molecule has 1 saturated heterocycles. The molecule has 1 aromatic carbocycles. The van der Waals surface area contributed by atoms with Crippen molar-refractivity contribution in [3.63, 3.8) is 0 Å². The second-order valence-electron chi connectivity index (χ2n) is 8.45. The van der Waals surface area contributed by atoms with Gasteiger partial charge in [0.25, 0.3) is 0 Å². The minimum atomic E-state index is 0.127. The fourth-order valence-corrected chi connectivity index (χ4v) is 4.75. The maximum absolute atomic E-state index is 12.7. The summed E-state index contributed by atoms with van der Waals surface area (Å²) in [5, 5.41) is 10.1. The average Bonchev–Trinajstić information content (AvgIpc) is 3.43. The van der Waals surface area contributed by atoms with Gasteiger partial charge in [-0.15, -0.1) is 0 Å². The summed E-state index contributed by atoms with van der Waals surface area (Å²) in [6.07, 6.45) is 12.2. The third-order valence-corrected chi connectivity index (χ3v) is 6.46. The molecular weight excluding hydrogens is 348 g/mol. The van der Waals surface area contributed by atoms with Crippen molar-refractivity contribution in [1.82, 2.24) is 15.1 Å². The number of hydrogen-bond acceptors (Lipinski definition) is 3. The Morgan fingerprint density at radius 1 is 1.14 bits per heavy atom. The molecule has 0 unspecified atom stereocenters. The van der Waals surface area contributed by atoms with Gasteiger partial charge >= 0.3 is 0 Å². The van der Waals surface area contributed by atoms with Gasteiger partial charge in [0.2, 0.25) is 5.91 Å². The van der Waals surface area contributed by atoms with Gasteiger partial charge in [0, 0.05) is 23.4 Å². The zero-order chi connectivity index (χ0) is 19.2. The molecule has 28 heavy (non-hydrogen) atoms. The summed E-state index contributed by atoms with van der Waals surface area (Å²) in [5.74, 6) is 1.27. The van der Waals surface area contributed by atoms with Crippen molar-refractivity contribution >= 4 is 11.6 Å². The fraction of sp³-hybridized carbons (Fsp3) is 0.565. The maximum Gasteiger partial charge on any atom is 0.227 e. The smallest absolute Gasteiger partial charge is 0.227 e. The minimum absolute atomic E-state index is 0.127. The van der Waals surface area contributed by atoms with E-state index in [1.807, 2.05) is 30.3 Å². The van der Waals surface area contributed by atoms with Crippen molar-refractivity contribution in [3.05, 3.63) is 36.5 Å². The van der Waals surface area contributed by atoms with E-state index in [0.29, 0.717) is 0 Å². The molecular formula is C23H32N4O. The number of nitrogens with zero attached hydrogens (tertiary/aromatic N) is 2. The lowest BCUT2D eigenvalue weighted by atomic mass is 9.95. The van der Waals surface area contributed by atoms with Gasteiger partial charge < -0.3 is 10.2 Å². The number of piperidine rings is 1. The molecule has 1 aliphatic heterocycles. The summed E-state index contributed by atoms with van der Waals surface area (Å²) in [6, 6.07) is 9.88. The van der Waals surface area contributed by atoms with E-state index in [-0.39, 0.29) is 11.8 Å². The van der Waals surface area contributed by atoms with Crippen molar-refractivity contribution in [2.45, 2.75) is 51.4 Å². The summed E-state index contributed by atoms with van der Waals surface area (Å²) in [5.41, 5.74) is 2.85. The Morgan fingerprint density at radius 3 is 2.71 bits per heavy atom. The molecule has 1 aromatic heterocycles. The van der Waals surface area contributed by atoms with E-state index in [1.54, 1.807) is 6.20 Å². The Hall–Kier alpha value is -2.14. The van der Waals surface area contributed by atoms with Crippen molar-refractivity contribution in [1.29, 1.82) is 0 Å². The highest BCUT2D eigenvalue weighted by molar-refractivity contribution is 5.93. The van der Waals surface area contributed by atoms with E-state index < -0.39 is 0 Å². The molecule has 0 radical (unpaired) electrons. The summed E-state index contributed by atoms with van der Waals surface area (Å²) in [7, 11) is 0. The number of aromatic nitrogens is 2. The van der Waals surface area contributed by atoms with Crippen LogP contribution >= 0.6 is 0 Å². The number of hydrogen-bond donors (Lipinski definition) is 2. The van der Waals surface area contributed by atoms with Crippen molar-refractivity contribution in [3.8, 4) is 11.3 Å². The molecule has 2 N–H and O–H groups in total. The minimum Gasteiger partial charge on any atom is -0.326 e. The Labute approximate surface area is 167 Å². The molecule has 0 spiro atoms. The highest BCUT2D eigenvalue weighted by Gasteiger charge is 2.25. The number of aromatic amines is 1.